The molecule has 0 unspecified atom stereocenters. The van der Waals surface area contributed by atoms with Crippen molar-refractivity contribution in [3.8, 4) is 11.5 Å². The van der Waals surface area contributed by atoms with Crippen LogP contribution in [0, 0.1) is 0 Å². The van der Waals surface area contributed by atoms with E-state index >= 15 is 0 Å². The fourth-order valence-electron chi connectivity index (χ4n) is 3.21. The first-order valence-corrected chi connectivity index (χ1v) is 8.57. The summed E-state index contributed by atoms with van der Waals surface area (Å²) in [6.45, 7) is -3.03. The number of carbonyl (C=O) groups is 2. The van der Waals surface area contributed by atoms with E-state index in [1.54, 1.807) is 24.3 Å². The van der Waals surface area contributed by atoms with Crippen LogP contribution in [0.1, 0.15) is 26.3 Å². The van der Waals surface area contributed by atoms with Crippen molar-refractivity contribution in [3.63, 3.8) is 0 Å². The summed E-state index contributed by atoms with van der Waals surface area (Å²) in [6.07, 6.45) is 1.22. The number of hydrogen-bond acceptors (Lipinski definition) is 5. The van der Waals surface area contributed by atoms with Crippen LogP contribution >= 0.6 is 0 Å². The Morgan fingerprint density at radius 1 is 0.966 bits per heavy atom. The highest BCUT2D eigenvalue weighted by Gasteiger charge is 2.32. The molecule has 0 saturated carbocycles. The Morgan fingerprint density at radius 3 is 2.21 bits per heavy atom. The topological polar surface area (TPSA) is 68.2 Å². The first kappa shape index (κ1) is 18.5. The summed E-state index contributed by atoms with van der Waals surface area (Å²) in [5.41, 5.74) is 1.08. The number of ether oxygens (including phenoxy) is 2. The number of hydrogen-bond donors (Lipinski definition) is 0. The van der Waals surface area contributed by atoms with E-state index in [0.717, 1.165) is 10.4 Å². The highest BCUT2D eigenvalue weighted by molar-refractivity contribution is 6.25. The quantitative estimate of drug-likeness (QED) is 0.481. The van der Waals surface area contributed by atoms with Crippen LogP contribution in [0.3, 0.4) is 0 Å². The Kier molecular flexibility index (Phi) is 4.67. The molecule has 1 heterocycles. The molecule has 0 fully saturated rings. The van der Waals surface area contributed by atoms with Gasteiger partial charge in [-0.15, -0.1) is 0 Å². The Morgan fingerprint density at radius 2 is 1.62 bits per heavy atom. The van der Waals surface area contributed by atoms with Crippen molar-refractivity contribution in [1.29, 1.82) is 0 Å². The third-order valence-corrected chi connectivity index (χ3v) is 4.48. The number of rotatable bonds is 5. The van der Waals surface area contributed by atoms with E-state index in [9.17, 15) is 18.4 Å². The average Bonchev–Trinajstić information content (AvgIpc) is 2.71. The van der Waals surface area contributed by atoms with Gasteiger partial charge in [0.15, 0.2) is 11.5 Å². The lowest BCUT2D eigenvalue weighted by Crippen LogP contribution is -2.36. The molecule has 0 aliphatic carbocycles. The van der Waals surface area contributed by atoms with Gasteiger partial charge < -0.3 is 9.47 Å². The molecule has 0 radical (unpaired) electrons. The lowest BCUT2D eigenvalue weighted by atomic mass is 9.95. The molecule has 3 aromatic carbocycles. The summed E-state index contributed by atoms with van der Waals surface area (Å²) in [4.78, 5) is 25.6. The number of hydrazone groups is 1. The number of benzene rings is 3. The largest absolute Gasteiger partial charge is 0.493 e. The smallest absolute Gasteiger partial charge is 0.387 e. The van der Waals surface area contributed by atoms with E-state index in [2.05, 4.69) is 9.84 Å². The van der Waals surface area contributed by atoms with E-state index in [-0.39, 0.29) is 11.5 Å². The first-order chi connectivity index (χ1) is 14.0. The van der Waals surface area contributed by atoms with Crippen molar-refractivity contribution in [3.05, 3.63) is 71.3 Å². The number of carbonyl (C=O) groups excluding carboxylic acids is 2. The van der Waals surface area contributed by atoms with Gasteiger partial charge in [-0.3, -0.25) is 9.59 Å². The molecule has 4 rings (SSSR count). The van der Waals surface area contributed by atoms with Crippen molar-refractivity contribution < 1.29 is 27.8 Å². The van der Waals surface area contributed by atoms with Crippen molar-refractivity contribution >= 4 is 28.8 Å². The van der Waals surface area contributed by atoms with Gasteiger partial charge in [0.2, 0.25) is 0 Å². The summed E-state index contributed by atoms with van der Waals surface area (Å²) in [5, 5.41) is 6.14. The van der Waals surface area contributed by atoms with Gasteiger partial charge in [0, 0.05) is 5.39 Å². The van der Waals surface area contributed by atoms with Crippen LogP contribution in [-0.2, 0) is 0 Å². The Balaban J connectivity index is 1.69. The predicted octanol–water partition coefficient (Wildman–Crippen LogP) is 4.08. The zero-order valence-electron chi connectivity index (χ0n) is 15.1. The number of amides is 2. The maximum absolute atomic E-state index is 12.8. The lowest BCUT2D eigenvalue weighted by molar-refractivity contribution is -0.0512. The van der Waals surface area contributed by atoms with Crippen molar-refractivity contribution in [2.24, 2.45) is 5.10 Å². The van der Waals surface area contributed by atoms with Crippen LogP contribution in [0.4, 0.5) is 8.78 Å². The molecule has 0 N–H and O–H groups in total. The molecular weight excluding hydrogens is 382 g/mol. The van der Waals surface area contributed by atoms with Gasteiger partial charge in [-0.05, 0) is 41.3 Å². The molecule has 146 valence electrons. The summed E-state index contributed by atoms with van der Waals surface area (Å²) in [7, 11) is 1.32. The van der Waals surface area contributed by atoms with Crippen LogP contribution < -0.4 is 9.47 Å². The molecule has 29 heavy (non-hydrogen) atoms. The van der Waals surface area contributed by atoms with E-state index < -0.39 is 18.4 Å². The fourth-order valence-corrected chi connectivity index (χ4v) is 3.21. The molecule has 1 aliphatic heterocycles. The highest BCUT2D eigenvalue weighted by atomic mass is 19.3. The summed E-state index contributed by atoms with van der Waals surface area (Å²) in [6, 6.07) is 14.6. The molecule has 8 heteroatoms. The fraction of sp³-hybridized carbons (Fsp3) is 0.0952. The second-order valence-electron chi connectivity index (χ2n) is 6.16. The zero-order valence-corrected chi connectivity index (χ0v) is 15.1. The SMILES string of the molecule is COc1ccc(/C=N\N2C(=O)c3cccc4cccc(c34)C2=O)cc1OC(F)F. The molecule has 0 saturated heterocycles. The van der Waals surface area contributed by atoms with Gasteiger partial charge in [-0.2, -0.15) is 18.9 Å². The minimum absolute atomic E-state index is 0.119. The Bertz CT molecular complexity index is 1110. The number of methoxy groups -OCH3 is 1. The molecule has 0 aromatic heterocycles. The Labute approximate surface area is 163 Å². The maximum atomic E-state index is 12.8. The molecule has 6 nitrogen and oxygen atoms in total. The summed E-state index contributed by atoms with van der Waals surface area (Å²) >= 11 is 0. The number of imide groups is 1. The van der Waals surface area contributed by atoms with Gasteiger partial charge in [0.05, 0.1) is 24.5 Å². The zero-order chi connectivity index (χ0) is 20.5. The van der Waals surface area contributed by atoms with Crippen molar-refractivity contribution in [1.82, 2.24) is 5.01 Å². The highest BCUT2D eigenvalue weighted by Crippen LogP contribution is 2.31. The first-order valence-electron chi connectivity index (χ1n) is 8.57. The number of nitrogens with zero attached hydrogens (tertiary/aromatic N) is 2. The van der Waals surface area contributed by atoms with Gasteiger partial charge in [-0.1, -0.05) is 24.3 Å². The van der Waals surface area contributed by atoms with E-state index in [4.69, 9.17) is 4.74 Å². The number of halogens is 2. The third kappa shape index (κ3) is 3.29. The van der Waals surface area contributed by atoms with Gasteiger partial charge in [0.25, 0.3) is 11.8 Å². The van der Waals surface area contributed by atoms with Crippen LogP contribution in [-0.4, -0.2) is 36.8 Å². The van der Waals surface area contributed by atoms with Crippen LogP contribution in [0.2, 0.25) is 0 Å². The third-order valence-electron chi connectivity index (χ3n) is 4.48. The van der Waals surface area contributed by atoms with Crippen molar-refractivity contribution in [2.45, 2.75) is 6.61 Å². The second kappa shape index (κ2) is 7.31. The lowest BCUT2D eigenvalue weighted by Gasteiger charge is -2.23. The van der Waals surface area contributed by atoms with Gasteiger partial charge in [0.1, 0.15) is 0 Å². The van der Waals surface area contributed by atoms with Gasteiger partial charge >= 0.3 is 6.61 Å². The second-order valence-corrected chi connectivity index (χ2v) is 6.16. The molecule has 0 bridgehead atoms. The molecule has 0 atom stereocenters. The molecule has 0 spiro atoms. The van der Waals surface area contributed by atoms with Crippen LogP contribution in [0.5, 0.6) is 11.5 Å². The van der Waals surface area contributed by atoms with E-state index in [1.165, 1.54) is 31.5 Å². The summed E-state index contributed by atoms with van der Waals surface area (Å²) < 4.78 is 34.6. The number of alkyl halides is 2. The predicted molar refractivity (Wildman–Crippen MR) is 102 cm³/mol. The van der Waals surface area contributed by atoms with Crippen LogP contribution in [0.25, 0.3) is 10.8 Å². The standard InChI is InChI=1S/C21H14F2N2O4/c1-28-16-9-8-12(10-17(16)29-21(22)23)11-24-25-19(26)14-6-2-4-13-5-3-7-15(18(13)14)20(25)27/h2-11,21H,1H3/b24-11-. The Hall–Kier alpha value is -3.81. The van der Waals surface area contributed by atoms with Crippen molar-refractivity contribution in [2.75, 3.05) is 7.11 Å². The molecule has 3 aromatic rings. The van der Waals surface area contributed by atoms with Gasteiger partial charge in [-0.25, -0.2) is 0 Å². The average molecular weight is 396 g/mol. The van der Waals surface area contributed by atoms with E-state index in [0.29, 0.717) is 22.1 Å². The van der Waals surface area contributed by atoms with E-state index in [1.807, 2.05) is 12.1 Å². The molecular formula is C21H14F2N2O4. The minimum atomic E-state index is -3.03. The summed E-state index contributed by atoms with van der Waals surface area (Å²) in [5.74, 6) is -1.19. The monoisotopic (exact) mass is 396 g/mol. The molecule has 1 aliphatic rings. The van der Waals surface area contributed by atoms with Crippen LogP contribution in [0.15, 0.2) is 59.7 Å². The maximum Gasteiger partial charge on any atom is 0.387 e. The normalized spacial score (nSPS) is 13.6. The minimum Gasteiger partial charge on any atom is -0.493 e. The molecule has 2 amide bonds.